The molecule has 0 saturated heterocycles. The Morgan fingerprint density at radius 2 is 1.93 bits per heavy atom. The van der Waals surface area contributed by atoms with Crippen LogP contribution in [0.5, 0.6) is 17.2 Å². The number of nitrogens with zero attached hydrogens (tertiary/aromatic N) is 1. The molecule has 0 bridgehead atoms. The third-order valence-corrected chi connectivity index (χ3v) is 4.56. The van der Waals surface area contributed by atoms with Crippen molar-refractivity contribution in [1.82, 2.24) is 10.6 Å². The third kappa shape index (κ3) is 5.21. The Balaban J connectivity index is 0.00000240. The van der Waals surface area contributed by atoms with Gasteiger partial charge in [-0.25, -0.2) is 4.39 Å². The summed E-state index contributed by atoms with van der Waals surface area (Å²) in [6, 6.07) is 8.78. The Morgan fingerprint density at radius 3 is 2.79 bits per heavy atom. The molecule has 0 atom stereocenters. The standard InChI is InChI=1S/C20H22FN3O4.HI/c1-22-20(24-9-13-2-3-17-18(6-13)27-12-26-17)23-5-4-14-7-16(21)8-15-10-25-11-28-19(14)15;/h2-3,6-8H,4-5,9-12H2,1H3,(H2,22,23,24);1H. The summed E-state index contributed by atoms with van der Waals surface area (Å²) in [4.78, 5) is 4.22. The average Bonchev–Trinajstić information content (AvgIpc) is 3.18. The zero-order chi connectivity index (χ0) is 19.3. The highest BCUT2D eigenvalue weighted by Gasteiger charge is 2.17. The van der Waals surface area contributed by atoms with Crippen molar-refractivity contribution in [2.75, 3.05) is 27.2 Å². The number of rotatable bonds is 5. The molecule has 0 unspecified atom stereocenters. The summed E-state index contributed by atoms with van der Waals surface area (Å²) in [5.41, 5.74) is 2.61. The van der Waals surface area contributed by atoms with E-state index in [0.717, 1.165) is 33.9 Å². The molecule has 0 radical (unpaired) electrons. The SMILES string of the molecule is CN=C(NCCc1cc(F)cc2c1OCOC2)NCc1ccc2c(c1)OCO2.I. The Labute approximate surface area is 185 Å². The number of aliphatic imine (C=N–C) groups is 1. The topological polar surface area (TPSA) is 73.3 Å². The second-order valence-electron chi connectivity index (χ2n) is 6.45. The molecule has 9 heteroatoms. The van der Waals surface area contributed by atoms with Crippen LogP contribution in [0.3, 0.4) is 0 Å². The molecular weight excluding hydrogens is 492 g/mol. The summed E-state index contributed by atoms with van der Waals surface area (Å²) in [7, 11) is 1.71. The van der Waals surface area contributed by atoms with Crippen LogP contribution in [0.1, 0.15) is 16.7 Å². The maximum Gasteiger partial charge on any atom is 0.231 e. The highest BCUT2D eigenvalue weighted by Crippen LogP contribution is 2.32. The van der Waals surface area contributed by atoms with Crippen molar-refractivity contribution in [2.45, 2.75) is 19.6 Å². The molecule has 156 valence electrons. The number of hydrogen-bond acceptors (Lipinski definition) is 5. The van der Waals surface area contributed by atoms with Crippen LogP contribution >= 0.6 is 24.0 Å². The predicted octanol–water partition coefficient (Wildman–Crippen LogP) is 2.95. The number of nitrogens with one attached hydrogen (secondary N) is 2. The lowest BCUT2D eigenvalue weighted by molar-refractivity contribution is -0.0172. The van der Waals surface area contributed by atoms with Crippen LogP contribution in [0, 0.1) is 5.82 Å². The minimum atomic E-state index is -0.284. The van der Waals surface area contributed by atoms with Crippen molar-refractivity contribution < 1.29 is 23.3 Å². The Bertz CT molecular complexity index is 894. The average molecular weight is 515 g/mol. The van der Waals surface area contributed by atoms with Crippen LogP contribution < -0.4 is 24.8 Å². The maximum atomic E-state index is 13.8. The van der Waals surface area contributed by atoms with E-state index < -0.39 is 0 Å². The van der Waals surface area contributed by atoms with Crippen molar-refractivity contribution in [3.63, 3.8) is 0 Å². The van der Waals surface area contributed by atoms with Gasteiger partial charge in [0.05, 0.1) is 6.61 Å². The molecule has 0 saturated carbocycles. The van der Waals surface area contributed by atoms with Crippen LogP contribution in [0.4, 0.5) is 4.39 Å². The van der Waals surface area contributed by atoms with E-state index in [0.29, 0.717) is 32.1 Å². The molecule has 4 rings (SSSR count). The summed E-state index contributed by atoms with van der Waals surface area (Å²) in [5, 5.41) is 6.49. The van der Waals surface area contributed by atoms with Gasteiger partial charge in [-0.05, 0) is 41.8 Å². The Hall–Kier alpha value is -2.27. The lowest BCUT2D eigenvalue weighted by Gasteiger charge is -2.21. The molecule has 0 amide bonds. The molecule has 2 N–H and O–H groups in total. The van der Waals surface area contributed by atoms with Gasteiger partial charge in [-0.3, -0.25) is 4.99 Å². The summed E-state index contributed by atoms with van der Waals surface area (Å²) in [5.74, 6) is 2.61. The quantitative estimate of drug-likeness (QED) is 0.363. The minimum absolute atomic E-state index is 0. The van der Waals surface area contributed by atoms with Crippen molar-refractivity contribution in [2.24, 2.45) is 4.99 Å². The second kappa shape index (κ2) is 9.97. The first-order valence-electron chi connectivity index (χ1n) is 9.08. The summed E-state index contributed by atoms with van der Waals surface area (Å²) in [6.07, 6.45) is 0.602. The Morgan fingerprint density at radius 1 is 1.07 bits per heavy atom. The fraction of sp³-hybridized carbons (Fsp3) is 0.350. The van der Waals surface area contributed by atoms with Crippen molar-refractivity contribution in [1.29, 1.82) is 0 Å². The molecule has 0 aliphatic carbocycles. The molecule has 0 fully saturated rings. The summed E-state index contributed by atoms with van der Waals surface area (Å²) < 4.78 is 35.3. The third-order valence-electron chi connectivity index (χ3n) is 4.56. The van der Waals surface area contributed by atoms with E-state index in [9.17, 15) is 4.39 Å². The van der Waals surface area contributed by atoms with Gasteiger partial charge in [0.1, 0.15) is 11.6 Å². The van der Waals surface area contributed by atoms with Crippen LogP contribution in [0.15, 0.2) is 35.3 Å². The number of halogens is 2. The highest BCUT2D eigenvalue weighted by atomic mass is 127. The predicted molar refractivity (Wildman–Crippen MR) is 117 cm³/mol. The Kier molecular flexibility index (Phi) is 7.37. The summed E-state index contributed by atoms with van der Waals surface area (Å²) >= 11 is 0. The number of ether oxygens (including phenoxy) is 4. The van der Waals surface area contributed by atoms with Crippen LogP contribution in [-0.4, -0.2) is 33.1 Å². The van der Waals surface area contributed by atoms with E-state index in [-0.39, 0.29) is 43.4 Å². The summed E-state index contributed by atoms with van der Waals surface area (Å²) in [6.45, 7) is 1.99. The van der Waals surface area contributed by atoms with Gasteiger partial charge >= 0.3 is 0 Å². The van der Waals surface area contributed by atoms with E-state index in [1.54, 1.807) is 7.05 Å². The number of hydrogen-bond donors (Lipinski definition) is 2. The van der Waals surface area contributed by atoms with E-state index in [1.165, 1.54) is 12.1 Å². The van der Waals surface area contributed by atoms with Crippen molar-refractivity contribution in [3.8, 4) is 17.2 Å². The van der Waals surface area contributed by atoms with Gasteiger partial charge in [0, 0.05) is 25.7 Å². The molecule has 2 aromatic rings. The molecule has 29 heavy (non-hydrogen) atoms. The first-order chi connectivity index (χ1) is 13.7. The molecule has 2 aliphatic rings. The molecule has 2 aliphatic heterocycles. The molecule has 0 aromatic heterocycles. The second-order valence-corrected chi connectivity index (χ2v) is 6.45. The number of fused-ring (bicyclic) bond motifs is 2. The van der Waals surface area contributed by atoms with Crippen LogP contribution in [-0.2, 0) is 24.3 Å². The van der Waals surface area contributed by atoms with Gasteiger partial charge in [-0.1, -0.05) is 6.07 Å². The number of benzene rings is 2. The maximum absolute atomic E-state index is 13.8. The van der Waals surface area contributed by atoms with E-state index in [4.69, 9.17) is 18.9 Å². The number of guanidine groups is 1. The van der Waals surface area contributed by atoms with E-state index >= 15 is 0 Å². The minimum Gasteiger partial charge on any atom is -0.467 e. The van der Waals surface area contributed by atoms with Gasteiger partial charge in [0.15, 0.2) is 24.3 Å². The molecule has 0 spiro atoms. The van der Waals surface area contributed by atoms with Gasteiger partial charge in [0.2, 0.25) is 6.79 Å². The molecule has 7 nitrogen and oxygen atoms in total. The van der Waals surface area contributed by atoms with Gasteiger partial charge in [-0.2, -0.15) is 0 Å². The van der Waals surface area contributed by atoms with Gasteiger partial charge in [-0.15, -0.1) is 24.0 Å². The van der Waals surface area contributed by atoms with E-state index in [2.05, 4.69) is 15.6 Å². The zero-order valence-electron chi connectivity index (χ0n) is 16.0. The lowest BCUT2D eigenvalue weighted by Crippen LogP contribution is -2.37. The monoisotopic (exact) mass is 515 g/mol. The van der Waals surface area contributed by atoms with Crippen LogP contribution in [0.2, 0.25) is 0 Å². The molecule has 2 aromatic carbocycles. The zero-order valence-corrected chi connectivity index (χ0v) is 18.3. The first-order valence-corrected chi connectivity index (χ1v) is 9.08. The van der Waals surface area contributed by atoms with E-state index in [1.807, 2.05) is 18.2 Å². The smallest absolute Gasteiger partial charge is 0.231 e. The van der Waals surface area contributed by atoms with Crippen molar-refractivity contribution in [3.05, 3.63) is 52.8 Å². The van der Waals surface area contributed by atoms with Crippen LogP contribution in [0.25, 0.3) is 0 Å². The molecular formula is C20H23FIN3O4. The normalized spacial score (nSPS) is 14.5. The highest BCUT2D eigenvalue weighted by molar-refractivity contribution is 14.0. The fourth-order valence-corrected chi connectivity index (χ4v) is 3.22. The van der Waals surface area contributed by atoms with Gasteiger partial charge < -0.3 is 29.6 Å². The lowest BCUT2D eigenvalue weighted by atomic mass is 10.1. The van der Waals surface area contributed by atoms with Crippen molar-refractivity contribution >= 4 is 29.9 Å². The molecule has 2 heterocycles. The first kappa shape index (κ1) is 21.4. The van der Waals surface area contributed by atoms with Gasteiger partial charge in [0.25, 0.3) is 0 Å². The fourth-order valence-electron chi connectivity index (χ4n) is 3.22. The largest absolute Gasteiger partial charge is 0.467 e.